The van der Waals surface area contributed by atoms with Gasteiger partial charge in [0.2, 0.25) is 0 Å². The molecule has 2 aliphatic heterocycles. The van der Waals surface area contributed by atoms with E-state index in [2.05, 4.69) is 39.2 Å². The maximum Gasteiger partial charge on any atom is 0.298 e. The van der Waals surface area contributed by atoms with Crippen molar-refractivity contribution in [3.8, 4) is 11.8 Å². The van der Waals surface area contributed by atoms with Crippen molar-refractivity contribution < 1.29 is 9.53 Å². The maximum absolute atomic E-state index is 12.1. The number of aromatic nitrogens is 2. The van der Waals surface area contributed by atoms with Crippen LogP contribution in [0.5, 0.6) is 0 Å². The van der Waals surface area contributed by atoms with Gasteiger partial charge in [0.05, 0.1) is 13.2 Å². The number of amides is 1. The largest absolute Gasteiger partial charge is 0.379 e. The van der Waals surface area contributed by atoms with Gasteiger partial charge in [-0.25, -0.2) is 9.97 Å². The highest BCUT2D eigenvalue weighted by Gasteiger charge is 2.26. The van der Waals surface area contributed by atoms with E-state index in [1.165, 1.54) is 5.56 Å². The fourth-order valence-electron chi connectivity index (χ4n) is 4.12. The van der Waals surface area contributed by atoms with Gasteiger partial charge in [-0.2, -0.15) is 0 Å². The monoisotopic (exact) mass is 439 g/mol. The van der Waals surface area contributed by atoms with E-state index in [-0.39, 0.29) is 5.91 Å². The molecule has 2 aromatic rings. The summed E-state index contributed by atoms with van der Waals surface area (Å²) in [5.74, 6) is 6.53. The summed E-state index contributed by atoms with van der Waals surface area (Å²) in [5.41, 5.74) is 2.30. The maximum atomic E-state index is 12.1. The first-order valence-corrected chi connectivity index (χ1v) is 11.6. The van der Waals surface area contributed by atoms with Crippen molar-refractivity contribution >= 4 is 28.2 Å². The molecule has 1 atom stereocenters. The quantitative estimate of drug-likeness (QED) is 0.698. The molecule has 4 rings (SSSR count). The number of hydrogen-bond donors (Lipinski definition) is 1. The first-order chi connectivity index (χ1) is 15.1. The lowest BCUT2D eigenvalue weighted by Crippen LogP contribution is -2.35. The molecule has 7 nitrogen and oxygen atoms in total. The number of nitrogens with one attached hydrogen (secondary N) is 1. The Balaban J connectivity index is 1.49. The van der Waals surface area contributed by atoms with E-state index in [4.69, 9.17) is 9.72 Å². The molecule has 4 heterocycles. The predicted octanol–water partition coefficient (Wildman–Crippen LogP) is 2.84. The van der Waals surface area contributed by atoms with Gasteiger partial charge >= 0.3 is 0 Å². The van der Waals surface area contributed by atoms with Crippen LogP contribution in [0.3, 0.4) is 0 Å². The Morgan fingerprint density at radius 1 is 1.32 bits per heavy atom. The van der Waals surface area contributed by atoms with Crippen LogP contribution in [0.4, 0.5) is 10.9 Å². The number of hydrogen-bond acceptors (Lipinski definition) is 7. The van der Waals surface area contributed by atoms with Crippen LogP contribution in [0.15, 0.2) is 18.3 Å². The third kappa shape index (κ3) is 6.03. The van der Waals surface area contributed by atoms with Crippen molar-refractivity contribution in [2.45, 2.75) is 33.2 Å². The summed E-state index contributed by atoms with van der Waals surface area (Å²) in [6.07, 6.45) is 3.71. The number of anilines is 2. The average molecular weight is 440 g/mol. The first kappa shape index (κ1) is 21.8. The zero-order valence-corrected chi connectivity index (χ0v) is 19.0. The van der Waals surface area contributed by atoms with Crippen molar-refractivity contribution in [2.75, 3.05) is 44.7 Å². The van der Waals surface area contributed by atoms with Crippen molar-refractivity contribution in [1.82, 2.24) is 19.8 Å². The van der Waals surface area contributed by atoms with Gasteiger partial charge in [-0.05, 0) is 56.2 Å². The summed E-state index contributed by atoms with van der Waals surface area (Å²) in [6.45, 7) is 9.62. The highest BCUT2D eigenvalue weighted by atomic mass is 32.1. The number of thiazole rings is 1. The molecule has 2 saturated heterocycles. The van der Waals surface area contributed by atoms with Gasteiger partial charge in [0.15, 0.2) is 5.13 Å². The van der Waals surface area contributed by atoms with Crippen LogP contribution in [-0.2, 0) is 22.5 Å². The molecule has 2 aromatic heterocycles. The summed E-state index contributed by atoms with van der Waals surface area (Å²) in [4.78, 5) is 26.8. The topological polar surface area (TPSA) is 70.6 Å². The Morgan fingerprint density at radius 3 is 2.90 bits per heavy atom. The number of aryl methyl sites for hydroxylation is 1. The van der Waals surface area contributed by atoms with Crippen LogP contribution in [-0.4, -0.2) is 65.1 Å². The highest BCUT2D eigenvalue weighted by molar-refractivity contribution is 7.15. The number of morpholine rings is 1. The number of carbonyl (C=O) groups excluding carboxylic acids is 1. The number of rotatable bonds is 6. The molecule has 1 N–H and O–H groups in total. The molecule has 1 unspecified atom stereocenters. The number of ether oxygens (including phenoxy) is 1. The SMILES string of the molecule is CC#CC(=O)N1CCC(Cc2cc(CN3CCOCC3)cc(Nc3ncc(C)s3)n2)C1. The second kappa shape index (κ2) is 10.2. The van der Waals surface area contributed by atoms with Gasteiger partial charge in [0.1, 0.15) is 5.82 Å². The smallest absolute Gasteiger partial charge is 0.298 e. The summed E-state index contributed by atoms with van der Waals surface area (Å²) < 4.78 is 5.49. The lowest BCUT2D eigenvalue weighted by atomic mass is 10.0. The Kier molecular flexibility index (Phi) is 7.17. The summed E-state index contributed by atoms with van der Waals surface area (Å²) in [5, 5.41) is 4.24. The Morgan fingerprint density at radius 2 is 2.16 bits per heavy atom. The van der Waals surface area contributed by atoms with E-state index in [1.54, 1.807) is 18.3 Å². The molecule has 2 fully saturated rings. The fourth-order valence-corrected chi connectivity index (χ4v) is 4.79. The number of pyridine rings is 1. The average Bonchev–Trinajstić information content (AvgIpc) is 3.38. The van der Waals surface area contributed by atoms with Crippen LogP contribution in [0, 0.1) is 24.7 Å². The van der Waals surface area contributed by atoms with E-state index in [1.807, 2.05) is 18.0 Å². The molecule has 0 aromatic carbocycles. The minimum absolute atomic E-state index is 0.0690. The van der Waals surface area contributed by atoms with Gasteiger partial charge < -0.3 is 15.0 Å². The van der Waals surface area contributed by atoms with Crippen LogP contribution >= 0.6 is 11.3 Å². The molecule has 8 heteroatoms. The molecule has 0 saturated carbocycles. The summed E-state index contributed by atoms with van der Waals surface area (Å²) in [6, 6.07) is 4.33. The van der Waals surface area contributed by atoms with Gasteiger partial charge in [-0.1, -0.05) is 5.92 Å². The van der Waals surface area contributed by atoms with Crippen LogP contribution in [0.25, 0.3) is 0 Å². The zero-order chi connectivity index (χ0) is 21.6. The minimum Gasteiger partial charge on any atom is -0.379 e. The van der Waals surface area contributed by atoms with E-state index >= 15 is 0 Å². The zero-order valence-electron chi connectivity index (χ0n) is 18.2. The van der Waals surface area contributed by atoms with Gasteiger partial charge in [-0.15, -0.1) is 11.3 Å². The van der Waals surface area contributed by atoms with Crippen LogP contribution in [0.1, 0.15) is 29.5 Å². The molecule has 1 amide bonds. The second-order valence-electron chi connectivity index (χ2n) is 8.13. The Hall–Kier alpha value is -2.47. The second-order valence-corrected chi connectivity index (χ2v) is 9.36. The Bertz CT molecular complexity index is 974. The van der Waals surface area contributed by atoms with Crippen molar-refractivity contribution in [1.29, 1.82) is 0 Å². The number of carbonyl (C=O) groups is 1. The molecular formula is C23H29N5O2S. The molecule has 31 heavy (non-hydrogen) atoms. The van der Waals surface area contributed by atoms with E-state index < -0.39 is 0 Å². The third-order valence-electron chi connectivity index (χ3n) is 5.61. The van der Waals surface area contributed by atoms with E-state index in [9.17, 15) is 4.79 Å². The normalized spacial score (nSPS) is 19.2. The lowest BCUT2D eigenvalue weighted by molar-refractivity contribution is -0.124. The first-order valence-electron chi connectivity index (χ1n) is 10.8. The summed E-state index contributed by atoms with van der Waals surface area (Å²) >= 11 is 1.62. The van der Waals surface area contributed by atoms with Gasteiger partial charge in [-0.3, -0.25) is 9.69 Å². The third-order valence-corrected chi connectivity index (χ3v) is 6.44. The molecule has 0 aliphatic carbocycles. The van der Waals surface area contributed by atoms with E-state index in [0.29, 0.717) is 5.92 Å². The fraction of sp³-hybridized carbons (Fsp3) is 0.522. The highest BCUT2D eigenvalue weighted by Crippen LogP contribution is 2.25. The lowest BCUT2D eigenvalue weighted by Gasteiger charge is -2.27. The van der Waals surface area contributed by atoms with E-state index in [0.717, 1.165) is 80.3 Å². The van der Waals surface area contributed by atoms with Gasteiger partial charge in [0, 0.05) is 49.5 Å². The Labute approximate surface area is 187 Å². The molecular weight excluding hydrogens is 410 g/mol. The molecule has 164 valence electrons. The summed E-state index contributed by atoms with van der Waals surface area (Å²) in [7, 11) is 0. The van der Waals surface area contributed by atoms with Crippen LogP contribution < -0.4 is 5.32 Å². The molecule has 0 radical (unpaired) electrons. The molecule has 0 bridgehead atoms. The number of likely N-dealkylation sites (tertiary alicyclic amines) is 1. The van der Waals surface area contributed by atoms with Crippen molar-refractivity contribution in [2.24, 2.45) is 5.92 Å². The number of nitrogens with zero attached hydrogens (tertiary/aromatic N) is 4. The van der Waals surface area contributed by atoms with Crippen molar-refractivity contribution in [3.63, 3.8) is 0 Å². The predicted molar refractivity (Wildman–Crippen MR) is 122 cm³/mol. The standard InChI is InChI=1S/C23H29N5O2S/c1-3-4-22(29)28-6-5-18(16-28)11-20-12-19(15-27-7-9-30-10-8-27)13-21(25-20)26-23-24-14-17(2)31-23/h12-14,18H,5-11,15-16H2,1-2H3,(H,24,25,26). The van der Waals surface area contributed by atoms with Gasteiger partial charge in [0.25, 0.3) is 5.91 Å². The molecule has 2 aliphatic rings. The van der Waals surface area contributed by atoms with Crippen molar-refractivity contribution in [3.05, 3.63) is 34.5 Å². The minimum atomic E-state index is -0.0690. The van der Waals surface area contributed by atoms with Crippen LogP contribution in [0.2, 0.25) is 0 Å². The molecule has 0 spiro atoms.